The first-order valence-electron chi connectivity index (χ1n) is 8.93. The molecule has 0 saturated carbocycles. The summed E-state index contributed by atoms with van der Waals surface area (Å²) in [5.74, 6) is -1.15. The summed E-state index contributed by atoms with van der Waals surface area (Å²) in [6.07, 6.45) is 0. The lowest BCUT2D eigenvalue weighted by molar-refractivity contribution is -0.140. The van der Waals surface area contributed by atoms with E-state index in [4.69, 9.17) is 4.74 Å². The van der Waals surface area contributed by atoms with Gasteiger partial charge in [-0.2, -0.15) is 0 Å². The molecular weight excluding hydrogens is 340 g/mol. The topological polar surface area (TPSA) is 67.4 Å². The van der Waals surface area contributed by atoms with Gasteiger partial charge >= 0.3 is 5.97 Å². The second-order valence-electron chi connectivity index (χ2n) is 7.03. The molecule has 0 spiro atoms. The highest BCUT2D eigenvalue weighted by atomic mass is 16.5. The Morgan fingerprint density at radius 2 is 1.48 bits per heavy atom. The van der Waals surface area contributed by atoms with E-state index >= 15 is 0 Å². The largest absolute Gasteiger partial charge is 0.462 e. The second kappa shape index (κ2) is 9.03. The van der Waals surface area contributed by atoms with Crippen molar-refractivity contribution in [2.45, 2.75) is 33.2 Å². The summed E-state index contributed by atoms with van der Waals surface area (Å²) in [6.45, 7) is 7.48. The molecule has 5 nitrogen and oxygen atoms in total. The third-order valence-corrected chi connectivity index (χ3v) is 3.55. The Balaban J connectivity index is 2.62. The molecule has 2 aromatic carbocycles. The molecule has 0 atom stereocenters. The number of rotatable bonds is 6. The molecule has 0 aliphatic rings. The molecule has 0 bridgehead atoms. The third-order valence-electron chi connectivity index (χ3n) is 3.55. The third kappa shape index (κ3) is 5.99. The number of hydrogen-bond donors (Lipinski definition) is 2. The molecule has 0 saturated heterocycles. The van der Waals surface area contributed by atoms with Crippen LogP contribution in [0.5, 0.6) is 0 Å². The smallest absolute Gasteiger partial charge is 0.345 e. The highest BCUT2D eigenvalue weighted by Crippen LogP contribution is 2.23. The van der Waals surface area contributed by atoms with Crippen LogP contribution in [0.1, 0.15) is 33.3 Å². The maximum Gasteiger partial charge on any atom is 0.345 e. The van der Waals surface area contributed by atoms with Crippen LogP contribution in [0.4, 0.5) is 5.69 Å². The molecule has 2 aromatic rings. The Bertz CT molecular complexity index is 806. The zero-order valence-electron chi connectivity index (χ0n) is 16.2. The SMILES string of the molecule is CCOC(=O)/C(C(=O)NC(C)(C)C)=C(/Nc1ccccc1)c1ccccc1. The summed E-state index contributed by atoms with van der Waals surface area (Å²) in [6, 6.07) is 18.7. The average molecular weight is 366 g/mol. The zero-order valence-corrected chi connectivity index (χ0v) is 16.2. The second-order valence-corrected chi connectivity index (χ2v) is 7.03. The monoisotopic (exact) mass is 366 g/mol. The van der Waals surface area contributed by atoms with E-state index in [0.717, 1.165) is 5.69 Å². The molecule has 0 aliphatic heterocycles. The molecule has 2 rings (SSSR count). The van der Waals surface area contributed by atoms with Gasteiger partial charge in [0.1, 0.15) is 5.57 Å². The number of carbonyl (C=O) groups is 2. The van der Waals surface area contributed by atoms with Crippen LogP contribution in [0.15, 0.2) is 66.2 Å². The number of nitrogens with one attached hydrogen (secondary N) is 2. The van der Waals surface area contributed by atoms with Crippen molar-refractivity contribution in [3.05, 3.63) is 71.8 Å². The van der Waals surface area contributed by atoms with E-state index in [2.05, 4.69) is 10.6 Å². The fraction of sp³-hybridized carbons (Fsp3) is 0.273. The molecule has 1 amide bonds. The number of para-hydroxylation sites is 1. The fourth-order valence-corrected chi connectivity index (χ4v) is 2.46. The highest BCUT2D eigenvalue weighted by Gasteiger charge is 2.28. The molecule has 0 heterocycles. The first kappa shape index (κ1) is 20.2. The van der Waals surface area contributed by atoms with Crippen LogP contribution in [0, 0.1) is 0 Å². The van der Waals surface area contributed by atoms with Gasteiger partial charge in [0, 0.05) is 11.2 Å². The van der Waals surface area contributed by atoms with E-state index in [1.54, 1.807) is 6.92 Å². The van der Waals surface area contributed by atoms with Gasteiger partial charge in [-0.25, -0.2) is 4.79 Å². The van der Waals surface area contributed by atoms with E-state index in [-0.39, 0.29) is 12.2 Å². The van der Waals surface area contributed by atoms with Crippen LogP contribution in [-0.4, -0.2) is 24.0 Å². The van der Waals surface area contributed by atoms with Gasteiger partial charge in [-0.1, -0.05) is 48.5 Å². The summed E-state index contributed by atoms with van der Waals surface area (Å²) < 4.78 is 5.18. The zero-order chi connectivity index (χ0) is 19.9. The Labute approximate surface area is 160 Å². The van der Waals surface area contributed by atoms with Crippen molar-refractivity contribution in [1.82, 2.24) is 5.32 Å². The first-order valence-corrected chi connectivity index (χ1v) is 8.93. The van der Waals surface area contributed by atoms with Crippen molar-refractivity contribution in [2.75, 3.05) is 11.9 Å². The quantitative estimate of drug-likeness (QED) is 0.351. The molecule has 27 heavy (non-hydrogen) atoms. The Hall–Kier alpha value is -3.08. The molecule has 0 fully saturated rings. The van der Waals surface area contributed by atoms with E-state index in [9.17, 15) is 9.59 Å². The number of carbonyl (C=O) groups excluding carboxylic acids is 2. The Kier molecular flexibility index (Phi) is 6.77. The number of ether oxygens (including phenoxy) is 1. The lowest BCUT2D eigenvalue weighted by atomic mass is 10.0. The molecule has 142 valence electrons. The summed E-state index contributed by atoms with van der Waals surface area (Å²) in [4.78, 5) is 25.7. The molecule has 0 aromatic heterocycles. The molecule has 0 aliphatic carbocycles. The first-order chi connectivity index (χ1) is 12.8. The maximum atomic E-state index is 13.0. The van der Waals surface area contributed by atoms with Gasteiger partial charge in [0.2, 0.25) is 0 Å². The van der Waals surface area contributed by atoms with Crippen molar-refractivity contribution in [3.8, 4) is 0 Å². The van der Waals surface area contributed by atoms with E-state index in [1.807, 2.05) is 81.4 Å². The minimum atomic E-state index is -0.665. The van der Waals surface area contributed by atoms with Gasteiger partial charge in [0.25, 0.3) is 5.91 Å². The summed E-state index contributed by atoms with van der Waals surface area (Å²) in [5.41, 5.74) is 1.34. The minimum Gasteiger partial charge on any atom is -0.462 e. The molecule has 0 radical (unpaired) electrons. The molecular formula is C22H26N2O3. The Morgan fingerprint density at radius 1 is 0.926 bits per heavy atom. The van der Waals surface area contributed by atoms with Gasteiger partial charge in [0.05, 0.1) is 12.3 Å². The van der Waals surface area contributed by atoms with Crippen LogP contribution in [-0.2, 0) is 14.3 Å². The normalized spacial score (nSPS) is 12.0. The predicted molar refractivity (Wildman–Crippen MR) is 108 cm³/mol. The van der Waals surface area contributed by atoms with Gasteiger partial charge < -0.3 is 15.4 Å². The van der Waals surface area contributed by atoms with Crippen molar-refractivity contribution in [3.63, 3.8) is 0 Å². The van der Waals surface area contributed by atoms with Crippen molar-refractivity contribution in [2.24, 2.45) is 0 Å². The van der Waals surface area contributed by atoms with Crippen LogP contribution in [0.3, 0.4) is 0 Å². The van der Waals surface area contributed by atoms with Gasteiger partial charge in [-0.15, -0.1) is 0 Å². The maximum absolute atomic E-state index is 13.0. The van der Waals surface area contributed by atoms with Gasteiger partial charge in [0.15, 0.2) is 0 Å². The van der Waals surface area contributed by atoms with E-state index in [0.29, 0.717) is 11.3 Å². The average Bonchev–Trinajstić information content (AvgIpc) is 2.61. The summed E-state index contributed by atoms with van der Waals surface area (Å²) in [5, 5.41) is 6.08. The molecule has 5 heteroatoms. The fourth-order valence-electron chi connectivity index (χ4n) is 2.46. The highest BCUT2D eigenvalue weighted by molar-refractivity contribution is 6.23. The summed E-state index contributed by atoms with van der Waals surface area (Å²) >= 11 is 0. The molecule has 0 unspecified atom stereocenters. The Morgan fingerprint density at radius 3 is 2.00 bits per heavy atom. The number of hydrogen-bond acceptors (Lipinski definition) is 4. The van der Waals surface area contributed by atoms with Crippen LogP contribution in [0.25, 0.3) is 5.70 Å². The molecule has 2 N–H and O–H groups in total. The number of anilines is 1. The van der Waals surface area contributed by atoms with Gasteiger partial charge in [-0.05, 0) is 45.4 Å². The predicted octanol–water partition coefficient (Wildman–Crippen LogP) is 3.99. The van der Waals surface area contributed by atoms with Crippen molar-refractivity contribution in [1.29, 1.82) is 0 Å². The van der Waals surface area contributed by atoms with Gasteiger partial charge in [-0.3, -0.25) is 4.79 Å². The van der Waals surface area contributed by atoms with Crippen molar-refractivity contribution < 1.29 is 14.3 Å². The van der Waals surface area contributed by atoms with Crippen molar-refractivity contribution >= 4 is 23.3 Å². The minimum absolute atomic E-state index is 0.0539. The standard InChI is InChI=1S/C22H26N2O3/c1-5-27-21(26)18(20(25)24-22(2,3)4)19(16-12-8-6-9-13-16)23-17-14-10-7-11-15-17/h6-15,23H,5H2,1-4H3,(H,24,25)/b19-18+. The number of esters is 1. The lowest BCUT2D eigenvalue weighted by Crippen LogP contribution is -2.43. The number of benzene rings is 2. The van der Waals surface area contributed by atoms with Crippen LogP contribution in [0.2, 0.25) is 0 Å². The van der Waals surface area contributed by atoms with E-state index in [1.165, 1.54) is 0 Å². The summed E-state index contributed by atoms with van der Waals surface area (Å²) in [7, 11) is 0. The van der Waals surface area contributed by atoms with Crippen LogP contribution < -0.4 is 10.6 Å². The van der Waals surface area contributed by atoms with Crippen LogP contribution >= 0.6 is 0 Å². The van der Waals surface area contributed by atoms with E-state index < -0.39 is 17.4 Å². The number of amides is 1. The lowest BCUT2D eigenvalue weighted by Gasteiger charge is -2.23.